The van der Waals surface area contributed by atoms with E-state index < -0.39 is 0 Å². The molecule has 5 atom stereocenters. The lowest BCUT2D eigenvalue weighted by molar-refractivity contribution is -0.149. The molecule has 3 heteroatoms. The van der Waals surface area contributed by atoms with Crippen LogP contribution < -0.4 is 0 Å². The van der Waals surface area contributed by atoms with E-state index in [1.54, 1.807) is 7.11 Å². The Morgan fingerprint density at radius 3 is 2.12 bits per heavy atom. The highest BCUT2D eigenvalue weighted by molar-refractivity contribution is 6.21. The van der Waals surface area contributed by atoms with Crippen molar-refractivity contribution in [1.82, 2.24) is 0 Å². The Balaban J connectivity index is 1.81. The number of hydrogen-bond donors (Lipinski definition) is 0. The van der Waals surface area contributed by atoms with E-state index in [-0.39, 0.29) is 17.6 Å². The second-order valence-electron chi connectivity index (χ2n) is 5.67. The van der Waals surface area contributed by atoms with Crippen LogP contribution in [0.15, 0.2) is 0 Å². The molecule has 2 rings (SSSR count). The third-order valence-corrected chi connectivity index (χ3v) is 4.38. The van der Waals surface area contributed by atoms with Gasteiger partial charge < -0.3 is 9.47 Å². The first-order valence-electron chi connectivity index (χ1n) is 6.42. The molecular formula is C13H23ClO2. The highest BCUT2D eigenvalue weighted by Crippen LogP contribution is 2.36. The van der Waals surface area contributed by atoms with Crippen LogP contribution in [-0.2, 0) is 9.47 Å². The summed E-state index contributed by atoms with van der Waals surface area (Å²) in [7, 11) is 1.72. The highest BCUT2D eigenvalue weighted by atomic mass is 35.5. The Labute approximate surface area is 104 Å². The van der Waals surface area contributed by atoms with Gasteiger partial charge in [0.05, 0.1) is 23.7 Å². The van der Waals surface area contributed by atoms with Gasteiger partial charge in [0.2, 0.25) is 0 Å². The number of methoxy groups -OCH3 is 1. The lowest BCUT2D eigenvalue weighted by Gasteiger charge is -2.43. The summed E-state index contributed by atoms with van der Waals surface area (Å²) in [4.78, 5) is 0. The lowest BCUT2D eigenvalue weighted by atomic mass is 9.81. The van der Waals surface area contributed by atoms with E-state index in [9.17, 15) is 0 Å². The van der Waals surface area contributed by atoms with Gasteiger partial charge in [-0.25, -0.2) is 0 Å². The summed E-state index contributed by atoms with van der Waals surface area (Å²) in [6.07, 6.45) is 5.44. The maximum absolute atomic E-state index is 6.13. The van der Waals surface area contributed by atoms with Crippen molar-refractivity contribution in [2.45, 2.75) is 63.2 Å². The first kappa shape index (κ1) is 12.7. The molecule has 2 aliphatic carbocycles. The van der Waals surface area contributed by atoms with E-state index >= 15 is 0 Å². The van der Waals surface area contributed by atoms with Crippen molar-refractivity contribution in [1.29, 1.82) is 0 Å². The summed E-state index contributed by atoms with van der Waals surface area (Å²) in [5.74, 6) is 1.59. The molecular weight excluding hydrogens is 224 g/mol. The van der Waals surface area contributed by atoms with Gasteiger partial charge in [0.15, 0.2) is 0 Å². The molecule has 2 fully saturated rings. The molecule has 2 nitrogen and oxygen atoms in total. The quantitative estimate of drug-likeness (QED) is 0.712. The third kappa shape index (κ3) is 2.72. The Kier molecular flexibility index (Phi) is 4.15. The summed E-state index contributed by atoms with van der Waals surface area (Å²) in [5, 5.41) is 0.147. The molecule has 0 spiro atoms. The van der Waals surface area contributed by atoms with Gasteiger partial charge in [0.25, 0.3) is 0 Å². The Hall–Kier alpha value is 0.210. The van der Waals surface area contributed by atoms with Gasteiger partial charge in [0.1, 0.15) is 0 Å². The zero-order chi connectivity index (χ0) is 11.7. The number of ether oxygens (including phenoxy) is 2. The van der Waals surface area contributed by atoms with Crippen LogP contribution in [0, 0.1) is 11.8 Å². The van der Waals surface area contributed by atoms with Crippen LogP contribution in [0.3, 0.4) is 0 Å². The van der Waals surface area contributed by atoms with Gasteiger partial charge in [-0.1, -0.05) is 13.8 Å². The second kappa shape index (κ2) is 5.24. The fourth-order valence-electron chi connectivity index (χ4n) is 3.19. The zero-order valence-corrected chi connectivity index (χ0v) is 11.2. The van der Waals surface area contributed by atoms with Gasteiger partial charge in [0, 0.05) is 7.11 Å². The molecule has 0 aromatic carbocycles. The molecule has 0 amide bonds. The fraction of sp³-hybridized carbons (Fsp3) is 1.00. The average molecular weight is 247 g/mol. The van der Waals surface area contributed by atoms with Gasteiger partial charge in [-0.3, -0.25) is 0 Å². The molecule has 0 heterocycles. The number of rotatable bonds is 3. The third-order valence-electron chi connectivity index (χ3n) is 3.96. The molecule has 0 bridgehead atoms. The average Bonchev–Trinajstić information content (AvgIpc) is 2.15. The number of halogens is 1. The van der Waals surface area contributed by atoms with Gasteiger partial charge in [-0.15, -0.1) is 11.6 Å². The van der Waals surface area contributed by atoms with Gasteiger partial charge in [-0.2, -0.15) is 0 Å². The highest BCUT2D eigenvalue weighted by Gasteiger charge is 2.43. The topological polar surface area (TPSA) is 18.5 Å². The van der Waals surface area contributed by atoms with E-state index in [0.717, 1.165) is 18.3 Å². The molecule has 0 aromatic rings. The van der Waals surface area contributed by atoms with Crippen molar-refractivity contribution < 1.29 is 9.47 Å². The summed E-state index contributed by atoms with van der Waals surface area (Å²) in [6.45, 7) is 4.65. The van der Waals surface area contributed by atoms with Crippen LogP contribution in [0.1, 0.15) is 39.5 Å². The maximum Gasteiger partial charge on any atom is 0.0997 e. The monoisotopic (exact) mass is 246 g/mol. The summed E-state index contributed by atoms with van der Waals surface area (Å²) in [5.41, 5.74) is 0. The minimum Gasteiger partial charge on any atom is -0.377 e. The van der Waals surface area contributed by atoms with Gasteiger partial charge >= 0.3 is 0 Å². The smallest absolute Gasteiger partial charge is 0.0997 e. The molecule has 94 valence electrons. The molecule has 0 aromatic heterocycles. The molecule has 0 saturated heterocycles. The minimum absolute atomic E-state index is 0.106. The predicted molar refractivity (Wildman–Crippen MR) is 65.9 cm³/mol. The van der Waals surface area contributed by atoms with Crippen LogP contribution in [0.2, 0.25) is 0 Å². The number of hydrogen-bond acceptors (Lipinski definition) is 2. The van der Waals surface area contributed by atoms with Crippen LogP contribution in [0.5, 0.6) is 0 Å². The standard InChI is InChI=1S/C13H23ClO2/c1-8-4-9(2)6-10(5-8)16-12-7-11(14)13(12)15-3/h8-13H,4-7H2,1-3H3. The van der Waals surface area contributed by atoms with E-state index in [1.165, 1.54) is 19.3 Å². The minimum atomic E-state index is 0.106. The first-order chi connectivity index (χ1) is 7.60. The molecule has 5 unspecified atom stereocenters. The van der Waals surface area contributed by atoms with E-state index in [0.29, 0.717) is 6.10 Å². The fourth-order valence-corrected chi connectivity index (χ4v) is 3.63. The van der Waals surface area contributed by atoms with Crippen molar-refractivity contribution in [3.8, 4) is 0 Å². The predicted octanol–water partition coefficient (Wildman–Crippen LogP) is 3.22. The summed E-state index contributed by atoms with van der Waals surface area (Å²) >= 11 is 6.08. The molecule has 16 heavy (non-hydrogen) atoms. The summed E-state index contributed by atoms with van der Waals surface area (Å²) in [6, 6.07) is 0. The van der Waals surface area contributed by atoms with Crippen molar-refractivity contribution in [2.75, 3.05) is 7.11 Å². The number of alkyl halides is 1. The maximum atomic E-state index is 6.13. The second-order valence-corrected chi connectivity index (χ2v) is 6.23. The molecule has 0 radical (unpaired) electrons. The van der Waals surface area contributed by atoms with Crippen LogP contribution >= 0.6 is 11.6 Å². The normalized spacial score (nSPS) is 48.8. The van der Waals surface area contributed by atoms with Crippen LogP contribution in [-0.4, -0.2) is 30.8 Å². The zero-order valence-electron chi connectivity index (χ0n) is 10.5. The molecule has 0 aliphatic heterocycles. The largest absolute Gasteiger partial charge is 0.377 e. The molecule has 2 saturated carbocycles. The Morgan fingerprint density at radius 1 is 1.00 bits per heavy atom. The van der Waals surface area contributed by atoms with Crippen molar-refractivity contribution >= 4 is 11.6 Å². The lowest BCUT2D eigenvalue weighted by Crippen LogP contribution is -2.52. The first-order valence-corrected chi connectivity index (χ1v) is 6.86. The van der Waals surface area contributed by atoms with E-state index in [1.807, 2.05) is 0 Å². The Morgan fingerprint density at radius 2 is 1.62 bits per heavy atom. The Bertz CT molecular complexity index is 224. The van der Waals surface area contributed by atoms with Crippen LogP contribution in [0.25, 0.3) is 0 Å². The van der Waals surface area contributed by atoms with E-state index in [4.69, 9.17) is 21.1 Å². The SMILES string of the molecule is COC1C(Cl)CC1OC1CC(C)CC(C)C1. The summed E-state index contributed by atoms with van der Waals surface area (Å²) < 4.78 is 11.5. The van der Waals surface area contributed by atoms with Crippen molar-refractivity contribution in [3.63, 3.8) is 0 Å². The van der Waals surface area contributed by atoms with Crippen LogP contribution in [0.4, 0.5) is 0 Å². The van der Waals surface area contributed by atoms with Gasteiger partial charge in [-0.05, 0) is 37.5 Å². The van der Waals surface area contributed by atoms with Crippen molar-refractivity contribution in [2.24, 2.45) is 11.8 Å². The van der Waals surface area contributed by atoms with E-state index in [2.05, 4.69) is 13.8 Å². The molecule has 2 aliphatic rings. The van der Waals surface area contributed by atoms with Crippen molar-refractivity contribution in [3.05, 3.63) is 0 Å². The molecule has 0 N–H and O–H groups in total.